The van der Waals surface area contributed by atoms with Crippen molar-refractivity contribution in [3.05, 3.63) is 0 Å². The second kappa shape index (κ2) is 6.76. The van der Waals surface area contributed by atoms with Crippen LogP contribution in [0.15, 0.2) is 4.99 Å². The third-order valence-corrected chi connectivity index (χ3v) is 2.08. The van der Waals surface area contributed by atoms with Gasteiger partial charge in [-0.2, -0.15) is 0 Å². The van der Waals surface area contributed by atoms with Gasteiger partial charge in [-0.1, -0.05) is 11.8 Å². The van der Waals surface area contributed by atoms with E-state index in [1.165, 1.54) is 0 Å². The third-order valence-electron chi connectivity index (χ3n) is 1.18. The van der Waals surface area contributed by atoms with E-state index in [2.05, 4.69) is 10.3 Å². The molecule has 5 heteroatoms. The molecule has 0 aliphatic carbocycles. The summed E-state index contributed by atoms with van der Waals surface area (Å²) in [5.41, 5.74) is 0. The SMILES string of the molecule is COCSC1=NCCCN1.Cl. The zero-order valence-corrected chi connectivity index (χ0v) is 8.13. The fraction of sp³-hybridized carbons (Fsp3) is 0.833. The first-order valence-corrected chi connectivity index (χ1v) is 4.32. The first-order valence-electron chi connectivity index (χ1n) is 3.33. The maximum Gasteiger partial charge on any atom is 0.158 e. The first kappa shape index (κ1) is 11.1. The molecule has 1 aliphatic heterocycles. The quantitative estimate of drug-likeness (QED) is 0.672. The van der Waals surface area contributed by atoms with Crippen LogP contribution < -0.4 is 5.32 Å². The molecule has 66 valence electrons. The van der Waals surface area contributed by atoms with Crippen LogP contribution in [0.25, 0.3) is 0 Å². The number of amidine groups is 1. The Morgan fingerprint density at radius 1 is 1.73 bits per heavy atom. The first-order chi connectivity index (χ1) is 4.93. The molecule has 1 rings (SSSR count). The molecule has 0 atom stereocenters. The van der Waals surface area contributed by atoms with Gasteiger partial charge in [0.1, 0.15) is 0 Å². The van der Waals surface area contributed by atoms with Gasteiger partial charge in [0.15, 0.2) is 5.17 Å². The Morgan fingerprint density at radius 2 is 2.55 bits per heavy atom. The fourth-order valence-corrected chi connectivity index (χ4v) is 1.34. The number of thioether (sulfide) groups is 1. The Hall–Kier alpha value is 0.0700. The van der Waals surface area contributed by atoms with E-state index in [0.29, 0.717) is 5.94 Å². The second-order valence-electron chi connectivity index (χ2n) is 2.02. The van der Waals surface area contributed by atoms with E-state index in [9.17, 15) is 0 Å². The highest BCUT2D eigenvalue weighted by Gasteiger charge is 2.02. The highest BCUT2D eigenvalue weighted by Crippen LogP contribution is 2.04. The lowest BCUT2D eigenvalue weighted by atomic mass is 10.4. The summed E-state index contributed by atoms with van der Waals surface area (Å²) in [7, 11) is 1.69. The molecule has 0 unspecified atom stereocenters. The minimum atomic E-state index is 0. The van der Waals surface area contributed by atoms with Gasteiger partial charge in [-0.3, -0.25) is 4.99 Å². The van der Waals surface area contributed by atoms with E-state index in [-0.39, 0.29) is 12.4 Å². The summed E-state index contributed by atoms with van der Waals surface area (Å²) in [5.74, 6) is 0.686. The van der Waals surface area contributed by atoms with Gasteiger partial charge < -0.3 is 10.1 Å². The van der Waals surface area contributed by atoms with Gasteiger partial charge >= 0.3 is 0 Å². The molecule has 0 fully saturated rings. The average Bonchev–Trinajstić information content (AvgIpc) is 2.03. The van der Waals surface area contributed by atoms with Crippen molar-refractivity contribution < 1.29 is 4.74 Å². The van der Waals surface area contributed by atoms with E-state index in [0.717, 1.165) is 24.7 Å². The molecule has 0 amide bonds. The van der Waals surface area contributed by atoms with E-state index in [1.807, 2.05) is 0 Å². The molecule has 0 bridgehead atoms. The van der Waals surface area contributed by atoms with E-state index in [1.54, 1.807) is 18.9 Å². The smallest absolute Gasteiger partial charge is 0.158 e. The standard InChI is InChI=1S/C6H12N2OS.ClH/c1-9-5-10-6-7-3-2-4-8-6;/h2-5H2,1H3,(H,7,8);1H. The van der Waals surface area contributed by atoms with Crippen molar-refractivity contribution in [2.75, 3.05) is 26.1 Å². The minimum absolute atomic E-state index is 0. The molecular weight excluding hydrogens is 184 g/mol. The van der Waals surface area contributed by atoms with Crippen molar-refractivity contribution in [1.82, 2.24) is 5.32 Å². The summed E-state index contributed by atoms with van der Waals surface area (Å²) < 4.78 is 4.89. The molecule has 0 aromatic rings. The molecular formula is C6H13ClN2OS. The molecule has 1 aliphatic rings. The largest absolute Gasteiger partial charge is 0.374 e. The van der Waals surface area contributed by atoms with Crippen molar-refractivity contribution in [1.29, 1.82) is 0 Å². The van der Waals surface area contributed by atoms with Crippen LogP contribution in [0.1, 0.15) is 6.42 Å². The van der Waals surface area contributed by atoms with Gasteiger partial charge in [-0.15, -0.1) is 12.4 Å². The maximum absolute atomic E-state index is 4.89. The van der Waals surface area contributed by atoms with E-state index >= 15 is 0 Å². The molecule has 1 heterocycles. The molecule has 1 N–H and O–H groups in total. The summed E-state index contributed by atoms with van der Waals surface area (Å²) in [6, 6.07) is 0. The van der Waals surface area contributed by atoms with Crippen molar-refractivity contribution >= 4 is 29.3 Å². The highest BCUT2D eigenvalue weighted by molar-refractivity contribution is 8.13. The lowest BCUT2D eigenvalue weighted by Gasteiger charge is -2.12. The van der Waals surface area contributed by atoms with Gasteiger partial charge in [0.2, 0.25) is 0 Å². The average molecular weight is 197 g/mol. The molecule has 0 saturated heterocycles. The molecule has 0 saturated carbocycles. The number of nitrogens with one attached hydrogen (secondary N) is 1. The summed E-state index contributed by atoms with van der Waals surface area (Å²) >= 11 is 1.61. The minimum Gasteiger partial charge on any atom is -0.374 e. The van der Waals surface area contributed by atoms with Gasteiger partial charge in [0, 0.05) is 20.2 Å². The van der Waals surface area contributed by atoms with E-state index < -0.39 is 0 Å². The number of hydrogen-bond acceptors (Lipinski definition) is 4. The van der Waals surface area contributed by atoms with Crippen LogP contribution in [0, 0.1) is 0 Å². The fourth-order valence-electron chi connectivity index (χ4n) is 0.722. The predicted molar refractivity (Wildman–Crippen MR) is 51.6 cm³/mol. The Balaban J connectivity index is 0.000001000. The zero-order chi connectivity index (χ0) is 7.23. The van der Waals surface area contributed by atoms with Crippen LogP contribution >= 0.6 is 24.2 Å². The predicted octanol–water partition coefficient (Wildman–Crippen LogP) is 1.09. The number of methoxy groups -OCH3 is 1. The monoisotopic (exact) mass is 196 g/mol. The van der Waals surface area contributed by atoms with Crippen LogP contribution in [-0.4, -0.2) is 31.3 Å². The number of halogens is 1. The summed E-state index contributed by atoms with van der Waals surface area (Å²) in [4.78, 5) is 4.26. The molecule has 11 heavy (non-hydrogen) atoms. The van der Waals surface area contributed by atoms with Gasteiger partial charge in [0.25, 0.3) is 0 Å². The lowest BCUT2D eigenvalue weighted by molar-refractivity contribution is 0.259. The van der Waals surface area contributed by atoms with Crippen molar-refractivity contribution in [3.63, 3.8) is 0 Å². The Kier molecular flexibility index (Phi) is 6.80. The van der Waals surface area contributed by atoms with Crippen LogP contribution in [0.2, 0.25) is 0 Å². The summed E-state index contributed by atoms with van der Waals surface area (Å²) in [6.07, 6.45) is 1.15. The van der Waals surface area contributed by atoms with Gasteiger partial charge in [-0.25, -0.2) is 0 Å². The Labute approximate surface area is 77.4 Å². The lowest BCUT2D eigenvalue weighted by Crippen LogP contribution is -2.27. The number of ether oxygens (including phenoxy) is 1. The van der Waals surface area contributed by atoms with E-state index in [4.69, 9.17) is 4.74 Å². The van der Waals surface area contributed by atoms with Crippen LogP contribution in [0.3, 0.4) is 0 Å². The van der Waals surface area contributed by atoms with Crippen LogP contribution in [0.5, 0.6) is 0 Å². The molecule has 0 radical (unpaired) electrons. The molecule has 0 aromatic heterocycles. The number of nitrogens with zero attached hydrogens (tertiary/aromatic N) is 1. The Bertz CT molecular complexity index is 132. The van der Waals surface area contributed by atoms with Crippen molar-refractivity contribution in [3.8, 4) is 0 Å². The number of aliphatic imine (C=N–C) groups is 1. The normalized spacial score (nSPS) is 16.3. The zero-order valence-electron chi connectivity index (χ0n) is 6.50. The summed E-state index contributed by atoms with van der Waals surface area (Å²) in [6.45, 7) is 2.01. The number of hydrogen-bond donors (Lipinski definition) is 1. The third kappa shape index (κ3) is 4.50. The van der Waals surface area contributed by atoms with Gasteiger partial charge in [0.05, 0.1) is 5.94 Å². The van der Waals surface area contributed by atoms with Crippen LogP contribution in [0.4, 0.5) is 0 Å². The second-order valence-corrected chi connectivity index (χ2v) is 2.93. The Morgan fingerprint density at radius 3 is 3.09 bits per heavy atom. The van der Waals surface area contributed by atoms with Crippen molar-refractivity contribution in [2.45, 2.75) is 6.42 Å². The summed E-state index contributed by atoms with van der Waals surface area (Å²) in [5, 5.41) is 4.21. The van der Waals surface area contributed by atoms with Crippen molar-refractivity contribution in [2.24, 2.45) is 4.99 Å². The topological polar surface area (TPSA) is 33.6 Å². The molecule has 3 nitrogen and oxygen atoms in total. The maximum atomic E-state index is 4.89. The van der Waals surface area contributed by atoms with Crippen LogP contribution in [-0.2, 0) is 4.74 Å². The molecule has 0 spiro atoms. The van der Waals surface area contributed by atoms with Gasteiger partial charge in [-0.05, 0) is 6.42 Å². The number of rotatable bonds is 2. The highest BCUT2D eigenvalue weighted by atomic mass is 35.5. The molecule has 0 aromatic carbocycles.